The van der Waals surface area contributed by atoms with E-state index in [9.17, 15) is 13.2 Å². The lowest BCUT2D eigenvalue weighted by Gasteiger charge is -2.13. The van der Waals surface area contributed by atoms with E-state index in [0.29, 0.717) is 6.54 Å². The molecular weight excluding hydrogens is 217 g/mol. The molecule has 2 nitrogen and oxygen atoms in total. The zero-order valence-electron chi connectivity index (χ0n) is 9.09. The molecule has 0 saturated carbocycles. The Labute approximate surface area is 92.9 Å². The van der Waals surface area contributed by atoms with Gasteiger partial charge in [0, 0.05) is 18.7 Å². The summed E-state index contributed by atoms with van der Waals surface area (Å²) >= 11 is 0. The standard InChI is InChI=1S/C11H15F3N2/c1-9(10-5-2-3-7-16-10)15-8-4-6-11(12,13)14/h2-3,5,7,9,15H,4,6,8H2,1H3/t9-/m1/s1. The molecule has 0 aliphatic carbocycles. The summed E-state index contributed by atoms with van der Waals surface area (Å²) in [6.45, 7) is 2.23. The van der Waals surface area contributed by atoms with Crippen molar-refractivity contribution in [3.05, 3.63) is 30.1 Å². The molecule has 1 atom stereocenters. The molecule has 0 unspecified atom stereocenters. The lowest BCUT2D eigenvalue weighted by atomic mass is 10.2. The first-order valence-electron chi connectivity index (χ1n) is 5.20. The van der Waals surface area contributed by atoms with Crippen molar-refractivity contribution in [2.24, 2.45) is 0 Å². The number of hydrogen-bond donors (Lipinski definition) is 1. The van der Waals surface area contributed by atoms with Crippen molar-refractivity contribution in [2.45, 2.75) is 32.0 Å². The third-order valence-electron chi connectivity index (χ3n) is 2.22. The molecule has 0 fully saturated rings. The van der Waals surface area contributed by atoms with Gasteiger partial charge in [-0.3, -0.25) is 4.98 Å². The van der Waals surface area contributed by atoms with E-state index in [-0.39, 0.29) is 12.5 Å². The average Bonchev–Trinajstić information content (AvgIpc) is 2.24. The van der Waals surface area contributed by atoms with Gasteiger partial charge in [0.1, 0.15) is 0 Å². The summed E-state index contributed by atoms with van der Waals surface area (Å²) < 4.78 is 35.6. The second kappa shape index (κ2) is 5.84. The van der Waals surface area contributed by atoms with Gasteiger partial charge in [0.15, 0.2) is 0 Å². The molecule has 1 heterocycles. The number of pyridine rings is 1. The SMILES string of the molecule is C[C@@H](NCCCC(F)(F)F)c1ccccn1. The first kappa shape index (κ1) is 13.0. The monoisotopic (exact) mass is 232 g/mol. The van der Waals surface area contributed by atoms with Crippen LogP contribution in [0, 0.1) is 0 Å². The largest absolute Gasteiger partial charge is 0.389 e. The van der Waals surface area contributed by atoms with Crippen LogP contribution >= 0.6 is 0 Å². The molecule has 0 aromatic carbocycles. The third-order valence-corrected chi connectivity index (χ3v) is 2.22. The summed E-state index contributed by atoms with van der Waals surface area (Å²) in [7, 11) is 0. The first-order chi connectivity index (χ1) is 7.49. The molecule has 0 aliphatic rings. The van der Waals surface area contributed by atoms with Crippen LogP contribution in [0.4, 0.5) is 13.2 Å². The van der Waals surface area contributed by atoms with Crippen LogP contribution in [0.2, 0.25) is 0 Å². The van der Waals surface area contributed by atoms with E-state index in [4.69, 9.17) is 0 Å². The number of alkyl halides is 3. The van der Waals surface area contributed by atoms with E-state index in [1.54, 1.807) is 12.3 Å². The van der Waals surface area contributed by atoms with Gasteiger partial charge in [0.25, 0.3) is 0 Å². The van der Waals surface area contributed by atoms with E-state index < -0.39 is 12.6 Å². The Morgan fingerprint density at radius 1 is 1.38 bits per heavy atom. The first-order valence-corrected chi connectivity index (χ1v) is 5.20. The van der Waals surface area contributed by atoms with E-state index in [1.807, 2.05) is 19.1 Å². The summed E-state index contributed by atoms with van der Waals surface area (Å²) in [6, 6.07) is 5.49. The lowest BCUT2D eigenvalue weighted by Crippen LogP contribution is -2.22. The lowest BCUT2D eigenvalue weighted by molar-refractivity contribution is -0.135. The molecule has 1 aromatic heterocycles. The maximum atomic E-state index is 11.9. The highest BCUT2D eigenvalue weighted by Gasteiger charge is 2.25. The predicted octanol–water partition coefficient (Wildman–Crippen LogP) is 3.07. The van der Waals surface area contributed by atoms with Crippen LogP contribution in [-0.2, 0) is 0 Å². The topological polar surface area (TPSA) is 24.9 Å². The molecular formula is C11H15F3N2. The zero-order valence-corrected chi connectivity index (χ0v) is 9.09. The van der Waals surface area contributed by atoms with Crippen LogP contribution in [0.3, 0.4) is 0 Å². The summed E-state index contributed by atoms with van der Waals surface area (Å²) in [5.41, 5.74) is 0.842. The maximum absolute atomic E-state index is 11.9. The van der Waals surface area contributed by atoms with Crippen molar-refractivity contribution in [1.29, 1.82) is 0 Å². The predicted molar refractivity (Wildman–Crippen MR) is 55.9 cm³/mol. The molecule has 5 heteroatoms. The Bertz CT molecular complexity index is 298. The summed E-state index contributed by atoms with van der Waals surface area (Å²) in [6.07, 6.45) is -3.03. The van der Waals surface area contributed by atoms with Crippen molar-refractivity contribution >= 4 is 0 Å². The minimum absolute atomic E-state index is 0.0190. The zero-order chi connectivity index (χ0) is 12.0. The molecule has 0 bridgehead atoms. The van der Waals surface area contributed by atoms with Gasteiger partial charge in [-0.2, -0.15) is 13.2 Å². The second-order valence-corrected chi connectivity index (χ2v) is 3.65. The maximum Gasteiger partial charge on any atom is 0.389 e. The Hall–Kier alpha value is -1.10. The van der Waals surface area contributed by atoms with Gasteiger partial charge in [0.2, 0.25) is 0 Å². The van der Waals surface area contributed by atoms with Crippen molar-refractivity contribution in [2.75, 3.05) is 6.54 Å². The van der Waals surface area contributed by atoms with Gasteiger partial charge in [-0.1, -0.05) is 6.07 Å². The smallest absolute Gasteiger partial charge is 0.309 e. The minimum atomic E-state index is -4.06. The molecule has 90 valence electrons. The Morgan fingerprint density at radius 2 is 2.12 bits per heavy atom. The van der Waals surface area contributed by atoms with Crippen LogP contribution < -0.4 is 5.32 Å². The number of halogens is 3. The van der Waals surface area contributed by atoms with Gasteiger partial charge in [-0.25, -0.2) is 0 Å². The van der Waals surface area contributed by atoms with Crippen molar-refractivity contribution in [1.82, 2.24) is 10.3 Å². The normalized spacial score (nSPS) is 13.8. The van der Waals surface area contributed by atoms with Gasteiger partial charge in [-0.05, 0) is 32.0 Å². The van der Waals surface area contributed by atoms with E-state index in [1.165, 1.54) is 0 Å². The fraction of sp³-hybridized carbons (Fsp3) is 0.545. The molecule has 0 aliphatic heterocycles. The molecule has 0 radical (unpaired) electrons. The highest BCUT2D eigenvalue weighted by atomic mass is 19.4. The summed E-state index contributed by atoms with van der Waals surface area (Å²) in [4.78, 5) is 4.12. The van der Waals surface area contributed by atoms with Crippen LogP contribution in [-0.4, -0.2) is 17.7 Å². The quantitative estimate of drug-likeness (QED) is 0.789. The van der Waals surface area contributed by atoms with Crippen molar-refractivity contribution in [3.8, 4) is 0 Å². The summed E-state index contributed by atoms with van der Waals surface area (Å²) in [5.74, 6) is 0. The molecule has 0 spiro atoms. The van der Waals surface area contributed by atoms with Crippen LogP contribution in [0.5, 0.6) is 0 Å². The van der Waals surface area contributed by atoms with Gasteiger partial charge in [0.05, 0.1) is 5.69 Å². The molecule has 1 N–H and O–H groups in total. The second-order valence-electron chi connectivity index (χ2n) is 3.65. The number of rotatable bonds is 5. The highest BCUT2D eigenvalue weighted by Crippen LogP contribution is 2.21. The molecule has 0 saturated heterocycles. The highest BCUT2D eigenvalue weighted by molar-refractivity contribution is 5.07. The van der Waals surface area contributed by atoms with Gasteiger partial charge < -0.3 is 5.32 Å². The minimum Gasteiger partial charge on any atom is -0.309 e. The Balaban J connectivity index is 2.24. The van der Waals surface area contributed by atoms with E-state index in [0.717, 1.165) is 5.69 Å². The molecule has 16 heavy (non-hydrogen) atoms. The van der Waals surface area contributed by atoms with E-state index in [2.05, 4.69) is 10.3 Å². The third kappa shape index (κ3) is 5.11. The number of aromatic nitrogens is 1. The molecule has 0 amide bonds. The summed E-state index contributed by atoms with van der Waals surface area (Å²) in [5, 5.41) is 3.01. The van der Waals surface area contributed by atoms with E-state index >= 15 is 0 Å². The van der Waals surface area contributed by atoms with Gasteiger partial charge >= 0.3 is 6.18 Å². The number of hydrogen-bond acceptors (Lipinski definition) is 2. The average molecular weight is 232 g/mol. The van der Waals surface area contributed by atoms with Crippen LogP contribution in [0.25, 0.3) is 0 Å². The van der Waals surface area contributed by atoms with Crippen molar-refractivity contribution < 1.29 is 13.2 Å². The molecule has 1 rings (SSSR count). The number of nitrogens with zero attached hydrogens (tertiary/aromatic N) is 1. The number of nitrogens with one attached hydrogen (secondary N) is 1. The Kier molecular flexibility index (Phi) is 4.73. The fourth-order valence-corrected chi connectivity index (χ4v) is 1.34. The van der Waals surface area contributed by atoms with Crippen LogP contribution in [0.15, 0.2) is 24.4 Å². The fourth-order valence-electron chi connectivity index (χ4n) is 1.34. The van der Waals surface area contributed by atoms with Crippen LogP contribution in [0.1, 0.15) is 31.5 Å². The molecule has 1 aromatic rings. The van der Waals surface area contributed by atoms with Gasteiger partial charge in [-0.15, -0.1) is 0 Å². The van der Waals surface area contributed by atoms with Crippen molar-refractivity contribution in [3.63, 3.8) is 0 Å². The Morgan fingerprint density at radius 3 is 2.69 bits per heavy atom.